The lowest BCUT2D eigenvalue weighted by atomic mass is 9.96. The van der Waals surface area contributed by atoms with Crippen molar-refractivity contribution in [3.05, 3.63) is 52.0 Å². The summed E-state index contributed by atoms with van der Waals surface area (Å²) in [5.74, 6) is -0.405. The van der Waals surface area contributed by atoms with E-state index >= 15 is 0 Å². The zero-order valence-electron chi connectivity index (χ0n) is 12.0. The fourth-order valence-corrected chi connectivity index (χ4v) is 3.36. The second-order valence-electron chi connectivity index (χ2n) is 5.22. The number of aromatic nitrogens is 1. The highest BCUT2D eigenvalue weighted by Crippen LogP contribution is 2.37. The first-order chi connectivity index (χ1) is 11.0. The van der Waals surface area contributed by atoms with E-state index in [0.717, 1.165) is 10.9 Å². The molecule has 23 heavy (non-hydrogen) atoms. The van der Waals surface area contributed by atoms with E-state index in [1.165, 1.54) is 29.5 Å². The number of nitrogens with zero attached hydrogens (tertiary/aromatic N) is 2. The van der Waals surface area contributed by atoms with Crippen molar-refractivity contribution < 1.29 is 18.0 Å². The highest BCUT2D eigenvalue weighted by molar-refractivity contribution is 7.09. The number of thiazole rings is 1. The topological polar surface area (TPSA) is 45.2 Å². The molecular formula is C15H14F3N3OS. The molecule has 0 unspecified atom stereocenters. The van der Waals surface area contributed by atoms with Crippen LogP contribution in [0, 0.1) is 0 Å². The van der Waals surface area contributed by atoms with E-state index in [1.807, 2.05) is 0 Å². The van der Waals surface area contributed by atoms with Crippen molar-refractivity contribution in [2.45, 2.75) is 18.8 Å². The van der Waals surface area contributed by atoms with Gasteiger partial charge in [0.05, 0.1) is 11.1 Å². The number of carbonyl (C=O) groups is 1. The third-order valence-electron chi connectivity index (χ3n) is 3.71. The number of halogens is 3. The number of alkyl halides is 3. The van der Waals surface area contributed by atoms with Crippen LogP contribution in [0.4, 0.5) is 13.2 Å². The van der Waals surface area contributed by atoms with E-state index in [4.69, 9.17) is 0 Å². The molecule has 4 nitrogen and oxygen atoms in total. The van der Waals surface area contributed by atoms with Crippen LogP contribution in [0.3, 0.4) is 0 Å². The monoisotopic (exact) mass is 341 g/mol. The lowest BCUT2D eigenvalue weighted by Gasteiger charge is -2.35. The summed E-state index contributed by atoms with van der Waals surface area (Å²) in [6.07, 6.45) is -2.83. The second-order valence-corrected chi connectivity index (χ2v) is 6.19. The van der Waals surface area contributed by atoms with Gasteiger partial charge in [-0.25, -0.2) is 0 Å². The van der Waals surface area contributed by atoms with Crippen molar-refractivity contribution in [1.82, 2.24) is 15.2 Å². The predicted molar refractivity (Wildman–Crippen MR) is 79.7 cm³/mol. The van der Waals surface area contributed by atoms with Crippen molar-refractivity contribution in [3.63, 3.8) is 0 Å². The molecule has 0 saturated carbocycles. The van der Waals surface area contributed by atoms with E-state index in [0.29, 0.717) is 19.6 Å². The van der Waals surface area contributed by atoms with Gasteiger partial charge in [0, 0.05) is 30.7 Å². The minimum atomic E-state index is -4.50. The van der Waals surface area contributed by atoms with Crippen LogP contribution in [0.1, 0.15) is 22.0 Å². The van der Waals surface area contributed by atoms with Crippen LogP contribution in [-0.4, -0.2) is 28.9 Å². The van der Waals surface area contributed by atoms with Gasteiger partial charge in [0.1, 0.15) is 6.04 Å². The predicted octanol–water partition coefficient (Wildman–Crippen LogP) is 2.84. The molecule has 1 atom stereocenters. The molecule has 1 amide bonds. The van der Waals surface area contributed by atoms with Gasteiger partial charge < -0.3 is 5.32 Å². The third-order valence-corrected chi connectivity index (χ3v) is 4.48. The molecule has 122 valence electrons. The summed E-state index contributed by atoms with van der Waals surface area (Å²) in [7, 11) is 0. The Balaban J connectivity index is 1.98. The number of nitrogens with one attached hydrogen (secondary N) is 1. The Morgan fingerprint density at radius 3 is 2.83 bits per heavy atom. The molecule has 1 aliphatic heterocycles. The van der Waals surface area contributed by atoms with Crippen LogP contribution >= 0.6 is 11.3 Å². The Kier molecular flexibility index (Phi) is 4.36. The first-order valence-electron chi connectivity index (χ1n) is 7.02. The van der Waals surface area contributed by atoms with Crippen LogP contribution in [-0.2, 0) is 17.5 Å². The first-order valence-corrected chi connectivity index (χ1v) is 7.90. The van der Waals surface area contributed by atoms with E-state index in [9.17, 15) is 18.0 Å². The summed E-state index contributed by atoms with van der Waals surface area (Å²) in [6.45, 7) is 1.30. The molecule has 0 bridgehead atoms. The zero-order chi connectivity index (χ0) is 16.4. The SMILES string of the molecule is O=C1NCCN(Cc2cncs2)[C@H]1c1ccccc1C(F)(F)F. The maximum atomic E-state index is 13.3. The van der Waals surface area contributed by atoms with Crippen LogP contribution in [0.15, 0.2) is 36.0 Å². The fraction of sp³-hybridized carbons (Fsp3) is 0.333. The molecule has 1 N–H and O–H groups in total. The molecular weight excluding hydrogens is 327 g/mol. The van der Waals surface area contributed by atoms with Crippen LogP contribution < -0.4 is 5.32 Å². The Morgan fingerprint density at radius 2 is 2.13 bits per heavy atom. The van der Waals surface area contributed by atoms with Gasteiger partial charge in [-0.3, -0.25) is 14.7 Å². The summed E-state index contributed by atoms with van der Waals surface area (Å²) in [5, 5.41) is 2.66. The van der Waals surface area contributed by atoms with Crippen LogP contribution in [0.25, 0.3) is 0 Å². The summed E-state index contributed by atoms with van der Waals surface area (Å²) in [5.41, 5.74) is 0.885. The molecule has 1 aromatic carbocycles. The number of hydrogen-bond donors (Lipinski definition) is 1. The number of hydrogen-bond acceptors (Lipinski definition) is 4. The molecule has 0 radical (unpaired) electrons. The largest absolute Gasteiger partial charge is 0.416 e. The quantitative estimate of drug-likeness (QED) is 0.934. The van der Waals surface area contributed by atoms with Gasteiger partial charge in [0.25, 0.3) is 0 Å². The van der Waals surface area contributed by atoms with Crippen LogP contribution in [0.5, 0.6) is 0 Å². The van der Waals surface area contributed by atoms with Gasteiger partial charge in [-0.15, -0.1) is 11.3 Å². The molecule has 1 aromatic heterocycles. The second kappa shape index (κ2) is 6.29. The Hall–Kier alpha value is -1.93. The number of piperazine rings is 1. The number of benzene rings is 1. The van der Waals surface area contributed by atoms with Crippen molar-refractivity contribution in [1.29, 1.82) is 0 Å². The molecule has 8 heteroatoms. The van der Waals surface area contributed by atoms with Gasteiger partial charge >= 0.3 is 6.18 Å². The molecule has 0 spiro atoms. The fourth-order valence-electron chi connectivity index (χ4n) is 2.74. The minimum Gasteiger partial charge on any atom is -0.353 e. The molecule has 1 aliphatic rings. The average Bonchev–Trinajstić information content (AvgIpc) is 3.00. The molecule has 1 saturated heterocycles. The molecule has 2 aromatic rings. The molecule has 0 aliphatic carbocycles. The maximum absolute atomic E-state index is 13.3. The highest BCUT2D eigenvalue weighted by atomic mass is 32.1. The zero-order valence-corrected chi connectivity index (χ0v) is 12.8. The van der Waals surface area contributed by atoms with Crippen molar-refractivity contribution >= 4 is 17.2 Å². The minimum absolute atomic E-state index is 0.0123. The van der Waals surface area contributed by atoms with E-state index < -0.39 is 23.7 Å². The van der Waals surface area contributed by atoms with Gasteiger partial charge in [-0.2, -0.15) is 13.2 Å². The lowest BCUT2D eigenvalue weighted by Crippen LogP contribution is -2.49. The number of amides is 1. The maximum Gasteiger partial charge on any atom is 0.416 e. The Morgan fingerprint density at radius 1 is 1.35 bits per heavy atom. The summed E-state index contributed by atoms with van der Waals surface area (Å²) in [4.78, 5) is 18.9. The number of rotatable bonds is 3. The molecule has 3 rings (SSSR count). The number of carbonyl (C=O) groups excluding carboxylic acids is 1. The van der Waals surface area contributed by atoms with E-state index in [1.54, 1.807) is 16.6 Å². The standard InChI is InChI=1S/C15H14F3N3OS/c16-15(17,18)12-4-2-1-3-11(12)13-14(22)20-5-6-21(13)8-10-7-19-9-23-10/h1-4,7,9,13H,5-6,8H2,(H,20,22)/t13-/m0/s1. The van der Waals surface area contributed by atoms with Gasteiger partial charge in [0.15, 0.2) is 0 Å². The third kappa shape index (κ3) is 3.37. The molecule has 1 fully saturated rings. The average molecular weight is 341 g/mol. The first kappa shape index (κ1) is 15.9. The van der Waals surface area contributed by atoms with E-state index in [-0.39, 0.29) is 5.56 Å². The highest BCUT2D eigenvalue weighted by Gasteiger charge is 2.40. The Bertz CT molecular complexity index is 688. The van der Waals surface area contributed by atoms with Crippen LogP contribution in [0.2, 0.25) is 0 Å². The summed E-state index contributed by atoms with van der Waals surface area (Å²) in [6, 6.07) is 4.29. The van der Waals surface area contributed by atoms with Gasteiger partial charge in [0.2, 0.25) is 5.91 Å². The lowest BCUT2D eigenvalue weighted by molar-refractivity contribution is -0.140. The van der Waals surface area contributed by atoms with E-state index in [2.05, 4.69) is 10.3 Å². The smallest absolute Gasteiger partial charge is 0.353 e. The van der Waals surface area contributed by atoms with Crippen molar-refractivity contribution in [2.75, 3.05) is 13.1 Å². The molecule has 2 heterocycles. The van der Waals surface area contributed by atoms with Gasteiger partial charge in [-0.1, -0.05) is 18.2 Å². The normalized spacial score (nSPS) is 19.6. The van der Waals surface area contributed by atoms with Crippen molar-refractivity contribution in [3.8, 4) is 0 Å². The van der Waals surface area contributed by atoms with Gasteiger partial charge in [-0.05, 0) is 11.6 Å². The summed E-state index contributed by atoms with van der Waals surface area (Å²) >= 11 is 1.42. The van der Waals surface area contributed by atoms with Crippen molar-refractivity contribution in [2.24, 2.45) is 0 Å². The summed E-state index contributed by atoms with van der Waals surface area (Å²) < 4.78 is 39.8. The Labute approximate surface area is 135 Å².